The van der Waals surface area contributed by atoms with Crippen molar-refractivity contribution in [2.24, 2.45) is 0 Å². The minimum absolute atomic E-state index is 0.0426. The molecule has 0 aromatic heterocycles. The molecular weight excluding hydrogens is 242 g/mol. The van der Waals surface area contributed by atoms with Crippen LogP contribution < -0.4 is 0 Å². The fourth-order valence-electron chi connectivity index (χ4n) is 1.67. The molecule has 1 atom stereocenters. The van der Waals surface area contributed by atoms with Crippen molar-refractivity contribution in [2.45, 2.75) is 18.7 Å². The van der Waals surface area contributed by atoms with Gasteiger partial charge in [0.1, 0.15) is 5.37 Å². The lowest BCUT2D eigenvalue weighted by Crippen LogP contribution is -2.48. The highest BCUT2D eigenvalue weighted by Gasteiger charge is 2.32. The van der Waals surface area contributed by atoms with Gasteiger partial charge in [0.25, 0.3) is 10.1 Å². The van der Waals surface area contributed by atoms with Gasteiger partial charge in [-0.2, -0.15) is 8.42 Å². The third-order valence-corrected chi connectivity index (χ3v) is 5.41. The summed E-state index contributed by atoms with van der Waals surface area (Å²) in [6, 6.07) is 0. The maximum Gasteiger partial charge on any atom is 0.281 e. The van der Waals surface area contributed by atoms with Crippen molar-refractivity contribution in [1.82, 2.24) is 4.90 Å². The van der Waals surface area contributed by atoms with Crippen LogP contribution in [0.2, 0.25) is 0 Å². The van der Waals surface area contributed by atoms with Crippen LogP contribution in [-0.4, -0.2) is 56.3 Å². The largest absolute Gasteiger partial charge is 0.284 e. The number of hydrogen-bond donors (Lipinski definition) is 1. The van der Waals surface area contributed by atoms with Crippen molar-refractivity contribution < 1.29 is 21.4 Å². The molecule has 0 aliphatic carbocycles. The van der Waals surface area contributed by atoms with E-state index in [9.17, 15) is 16.8 Å². The lowest BCUT2D eigenvalue weighted by Gasteiger charge is -2.31. The summed E-state index contributed by atoms with van der Waals surface area (Å²) in [4.78, 5) is 1.50. The highest BCUT2D eigenvalue weighted by molar-refractivity contribution is 7.91. The molecule has 0 saturated carbocycles. The molecule has 15 heavy (non-hydrogen) atoms. The van der Waals surface area contributed by atoms with Crippen LogP contribution in [0.4, 0.5) is 0 Å². The van der Waals surface area contributed by atoms with Gasteiger partial charge < -0.3 is 0 Å². The van der Waals surface area contributed by atoms with Gasteiger partial charge in [0.2, 0.25) is 0 Å². The van der Waals surface area contributed by atoms with Crippen molar-refractivity contribution in [3.05, 3.63) is 0 Å². The average molecular weight is 257 g/mol. The molecule has 0 aromatic rings. The van der Waals surface area contributed by atoms with Crippen molar-refractivity contribution in [1.29, 1.82) is 0 Å². The normalized spacial score (nSPS) is 24.9. The molecule has 90 valence electrons. The fraction of sp³-hybridized carbons (Fsp3) is 1.00. The quantitative estimate of drug-likeness (QED) is 0.675. The zero-order valence-corrected chi connectivity index (χ0v) is 10.1. The number of nitrogens with zero attached hydrogens (tertiary/aromatic N) is 1. The van der Waals surface area contributed by atoms with Crippen molar-refractivity contribution >= 4 is 20.0 Å². The van der Waals surface area contributed by atoms with Crippen LogP contribution in [0.1, 0.15) is 13.3 Å². The van der Waals surface area contributed by atoms with E-state index in [4.69, 9.17) is 4.55 Å². The molecule has 1 unspecified atom stereocenters. The van der Waals surface area contributed by atoms with Crippen LogP contribution in [-0.2, 0) is 20.0 Å². The first kappa shape index (κ1) is 12.9. The molecule has 1 saturated heterocycles. The molecule has 8 heteroatoms. The zero-order chi connectivity index (χ0) is 11.7. The summed E-state index contributed by atoms with van der Waals surface area (Å²) in [5, 5.41) is -0.979. The monoisotopic (exact) mass is 257 g/mol. The summed E-state index contributed by atoms with van der Waals surface area (Å²) in [6.07, 6.45) is 0.249. The number of hydrogen-bond acceptors (Lipinski definition) is 5. The Hall–Kier alpha value is -0.180. The third-order valence-electron chi connectivity index (χ3n) is 2.48. The maximum absolute atomic E-state index is 11.1. The van der Waals surface area contributed by atoms with Gasteiger partial charge in [0.05, 0.1) is 11.5 Å². The van der Waals surface area contributed by atoms with Crippen molar-refractivity contribution in [3.63, 3.8) is 0 Å². The topological polar surface area (TPSA) is 91.8 Å². The molecule has 1 heterocycles. The van der Waals surface area contributed by atoms with E-state index in [1.807, 2.05) is 0 Å². The number of sulfone groups is 1. The van der Waals surface area contributed by atoms with E-state index >= 15 is 0 Å². The van der Waals surface area contributed by atoms with Crippen LogP contribution in [0.5, 0.6) is 0 Å². The van der Waals surface area contributed by atoms with E-state index in [2.05, 4.69) is 0 Å². The van der Waals surface area contributed by atoms with Gasteiger partial charge >= 0.3 is 0 Å². The van der Waals surface area contributed by atoms with Crippen LogP contribution in [0.15, 0.2) is 0 Å². The molecule has 0 amide bonds. The first-order valence-corrected chi connectivity index (χ1v) is 7.99. The summed E-state index contributed by atoms with van der Waals surface area (Å²) in [5.41, 5.74) is 0. The van der Waals surface area contributed by atoms with Gasteiger partial charge in [-0.15, -0.1) is 0 Å². The van der Waals surface area contributed by atoms with Gasteiger partial charge in [-0.05, 0) is 6.42 Å². The molecule has 6 nitrogen and oxygen atoms in total. The highest BCUT2D eigenvalue weighted by atomic mass is 32.2. The Labute approximate surface area is 89.9 Å². The molecular formula is C7H15NO5S2. The molecule has 0 bridgehead atoms. The summed E-state index contributed by atoms with van der Waals surface area (Å²) < 4.78 is 53.2. The predicted octanol–water partition coefficient (Wildman–Crippen LogP) is -0.659. The standard InChI is InChI=1S/C7H15NO5S2/c1-2-7(15(11,12)13)8-3-5-14(9,10)6-4-8/h7H,2-6H2,1H3,(H,11,12,13). The molecule has 1 fully saturated rings. The van der Waals surface area contributed by atoms with Crippen LogP contribution in [0, 0.1) is 0 Å². The fourth-order valence-corrected chi connectivity index (χ4v) is 3.91. The summed E-state index contributed by atoms with van der Waals surface area (Å²) >= 11 is 0. The highest BCUT2D eigenvalue weighted by Crippen LogP contribution is 2.14. The van der Waals surface area contributed by atoms with Crippen LogP contribution in [0.3, 0.4) is 0 Å². The van der Waals surface area contributed by atoms with E-state index in [1.54, 1.807) is 6.92 Å². The predicted molar refractivity (Wildman–Crippen MR) is 55.9 cm³/mol. The van der Waals surface area contributed by atoms with Crippen molar-refractivity contribution in [2.75, 3.05) is 24.6 Å². The van der Waals surface area contributed by atoms with Gasteiger partial charge in [-0.3, -0.25) is 9.45 Å². The Morgan fingerprint density at radius 1 is 1.33 bits per heavy atom. The minimum atomic E-state index is -4.12. The van der Waals surface area contributed by atoms with Crippen LogP contribution >= 0.6 is 0 Å². The average Bonchev–Trinajstić information content (AvgIpc) is 2.06. The molecule has 1 rings (SSSR count). The lowest BCUT2D eigenvalue weighted by molar-refractivity contribution is 0.249. The van der Waals surface area contributed by atoms with E-state index in [-0.39, 0.29) is 31.0 Å². The molecule has 1 aliphatic heterocycles. The summed E-state index contributed by atoms with van der Waals surface area (Å²) in [5.74, 6) is -0.0853. The van der Waals surface area contributed by atoms with E-state index < -0.39 is 25.3 Å². The molecule has 1 N–H and O–H groups in total. The van der Waals surface area contributed by atoms with Gasteiger partial charge in [0.15, 0.2) is 9.84 Å². The first-order chi connectivity index (χ1) is 6.76. The zero-order valence-electron chi connectivity index (χ0n) is 8.46. The molecule has 0 spiro atoms. The number of rotatable bonds is 3. The Morgan fingerprint density at radius 3 is 2.13 bits per heavy atom. The third kappa shape index (κ3) is 3.40. The van der Waals surface area contributed by atoms with Gasteiger partial charge in [-0.25, -0.2) is 8.42 Å². The van der Waals surface area contributed by atoms with E-state index in [1.165, 1.54) is 4.90 Å². The second-order valence-corrected chi connectivity index (χ2v) is 7.44. The van der Waals surface area contributed by atoms with Gasteiger partial charge in [0, 0.05) is 13.1 Å². The Balaban J connectivity index is 2.75. The maximum atomic E-state index is 11.1. The summed E-state index contributed by atoms with van der Waals surface area (Å²) in [6.45, 7) is 1.98. The second kappa shape index (κ2) is 4.36. The van der Waals surface area contributed by atoms with E-state index in [0.717, 1.165) is 0 Å². The van der Waals surface area contributed by atoms with Crippen LogP contribution in [0.25, 0.3) is 0 Å². The lowest BCUT2D eigenvalue weighted by atomic mass is 10.4. The first-order valence-electron chi connectivity index (χ1n) is 4.67. The Kier molecular flexibility index (Phi) is 3.75. The molecule has 0 aromatic carbocycles. The SMILES string of the molecule is CCC(N1CCS(=O)(=O)CC1)S(=O)(=O)O. The van der Waals surface area contributed by atoms with Gasteiger partial charge in [-0.1, -0.05) is 6.92 Å². The van der Waals surface area contributed by atoms with Crippen molar-refractivity contribution in [3.8, 4) is 0 Å². The smallest absolute Gasteiger partial charge is 0.281 e. The summed E-state index contributed by atoms with van der Waals surface area (Å²) in [7, 11) is -7.14. The molecule has 0 radical (unpaired) electrons. The second-order valence-electron chi connectivity index (χ2n) is 3.57. The molecule has 1 aliphatic rings. The van der Waals surface area contributed by atoms with E-state index in [0.29, 0.717) is 0 Å². The Morgan fingerprint density at radius 2 is 1.80 bits per heavy atom. The Bertz CT molecular complexity index is 399. The minimum Gasteiger partial charge on any atom is -0.284 e.